The number of allylic oxidation sites excluding steroid dienone is 1. The number of urea groups is 1. The van der Waals surface area contributed by atoms with E-state index < -0.39 is 17.8 Å². The third kappa shape index (κ3) is 3.94. The third-order valence-corrected chi connectivity index (χ3v) is 6.44. The second-order valence-electron chi connectivity index (χ2n) is 9.66. The van der Waals surface area contributed by atoms with Crippen LogP contribution in [0.25, 0.3) is 11.6 Å². The molecule has 2 heterocycles. The average Bonchev–Trinajstić information content (AvgIpc) is 2.76. The fourth-order valence-corrected chi connectivity index (χ4v) is 5.17. The van der Waals surface area contributed by atoms with Gasteiger partial charge >= 0.3 is 6.03 Å². The van der Waals surface area contributed by atoms with Crippen molar-refractivity contribution in [3.05, 3.63) is 70.8 Å². The third-order valence-electron chi connectivity index (χ3n) is 6.44. The number of hydrogen-bond donors (Lipinski definition) is 1. The van der Waals surface area contributed by atoms with Gasteiger partial charge in [0.25, 0.3) is 11.8 Å². The van der Waals surface area contributed by atoms with E-state index in [0.29, 0.717) is 18.2 Å². The van der Waals surface area contributed by atoms with Crippen LogP contribution < -0.4 is 15.1 Å². The monoisotopic (exact) mass is 457 g/mol. The number of fused-ring (bicyclic) bond motifs is 1. The summed E-state index contributed by atoms with van der Waals surface area (Å²) in [6, 6.07) is 12.8. The molecule has 2 aromatic rings. The fraction of sp³-hybridized carbons (Fsp3) is 0.321. The van der Waals surface area contributed by atoms with E-state index in [1.54, 1.807) is 18.2 Å². The van der Waals surface area contributed by atoms with Gasteiger partial charge in [-0.3, -0.25) is 14.9 Å². The zero-order chi connectivity index (χ0) is 24.8. The van der Waals surface area contributed by atoms with Gasteiger partial charge in [0.2, 0.25) is 0 Å². The van der Waals surface area contributed by atoms with Crippen molar-refractivity contribution < 1.29 is 14.4 Å². The van der Waals surface area contributed by atoms with Crippen molar-refractivity contribution in [2.45, 2.75) is 59.5 Å². The van der Waals surface area contributed by atoms with E-state index in [1.807, 2.05) is 37.3 Å². The Balaban J connectivity index is 1.77. The van der Waals surface area contributed by atoms with E-state index in [-0.39, 0.29) is 11.1 Å². The summed E-state index contributed by atoms with van der Waals surface area (Å²) in [5, 5.41) is 2.32. The first-order valence-corrected chi connectivity index (χ1v) is 11.7. The Morgan fingerprint density at radius 3 is 2.41 bits per heavy atom. The van der Waals surface area contributed by atoms with Gasteiger partial charge in [-0.15, -0.1) is 0 Å². The standard InChI is InChI=1S/C28H31N3O3/c1-7-20-10-8-9-11-23(20)30-26(33)22(25(32)29-27(30)34)15-19-12-13-24-21(14-19)18(4)16-28(5,6)31(24)17(2)3/h8-17H,7H2,1-6H3,(H,29,32,34)/b22-15+. The molecular formula is C28H31N3O3. The van der Waals surface area contributed by atoms with Crippen molar-refractivity contribution in [2.75, 3.05) is 9.80 Å². The summed E-state index contributed by atoms with van der Waals surface area (Å²) in [5.41, 5.74) is 5.21. The largest absolute Gasteiger partial charge is 0.360 e. The lowest BCUT2D eigenvalue weighted by Gasteiger charge is -2.46. The van der Waals surface area contributed by atoms with Gasteiger partial charge in [0, 0.05) is 17.3 Å². The number of para-hydroxylation sites is 1. The van der Waals surface area contributed by atoms with Crippen LogP contribution in [0.2, 0.25) is 0 Å². The summed E-state index contributed by atoms with van der Waals surface area (Å²) in [5.74, 6) is -1.31. The van der Waals surface area contributed by atoms with Crippen LogP contribution in [-0.4, -0.2) is 29.4 Å². The molecule has 0 atom stereocenters. The van der Waals surface area contributed by atoms with E-state index >= 15 is 0 Å². The van der Waals surface area contributed by atoms with E-state index in [2.05, 4.69) is 50.9 Å². The van der Waals surface area contributed by atoms with Gasteiger partial charge in [-0.1, -0.05) is 37.3 Å². The fourth-order valence-electron chi connectivity index (χ4n) is 5.17. The number of amides is 4. The molecule has 1 saturated heterocycles. The lowest BCUT2D eigenvalue weighted by molar-refractivity contribution is -0.122. The number of anilines is 2. The van der Waals surface area contributed by atoms with Gasteiger partial charge in [-0.2, -0.15) is 0 Å². The predicted octanol–water partition coefficient (Wildman–Crippen LogP) is 5.33. The van der Waals surface area contributed by atoms with E-state index in [4.69, 9.17) is 0 Å². The zero-order valence-corrected chi connectivity index (χ0v) is 20.6. The van der Waals surface area contributed by atoms with Gasteiger partial charge in [-0.05, 0) is 82.0 Å². The molecule has 34 heavy (non-hydrogen) atoms. The summed E-state index contributed by atoms with van der Waals surface area (Å²) in [4.78, 5) is 42.1. The molecule has 6 heteroatoms. The quantitative estimate of drug-likeness (QED) is 0.498. The first-order chi connectivity index (χ1) is 16.0. The minimum Gasteiger partial charge on any atom is -0.360 e. The Morgan fingerprint density at radius 2 is 1.74 bits per heavy atom. The van der Waals surface area contributed by atoms with Crippen LogP contribution in [0, 0.1) is 0 Å². The van der Waals surface area contributed by atoms with Gasteiger partial charge in [-0.25, -0.2) is 9.69 Å². The molecule has 2 aliphatic rings. The molecule has 1 N–H and O–H groups in total. The molecule has 0 aliphatic carbocycles. The summed E-state index contributed by atoms with van der Waals surface area (Å²) in [7, 11) is 0. The van der Waals surface area contributed by atoms with Crippen LogP contribution in [0.5, 0.6) is 0 Å². The van der Waals surface area contributed by atoms with Crippen LogP contribution >= 0.6 is 0 Å². The summed E-state index contributed by atoms with van der Waals surface area (Å²) in [6.45, 7) is 12.8. The Morgan fingerprint density at radius 1 is 1.03 bits per heavy atom. The van der Waals surface area contributed by atoms with Gasteiger partial charge < -0.3 is 4.90 Å². The smallest absolute Gasteiger partial charge is 0.335 e. The van der Waals surface area contributed by atoms with Gasteiger partial charge in [0.05, 0.1) is 11.2 Å². The Kier molecular flexibility index (Phi) is 5.94. The predicted molar refractivity (Wildman–Crippen MR) is 137 cm³/mol. The maximum atomic E-state index is 13.4. The molecule has 6 nitrogen and oxygen atoms in total. The first-order valence-electron chi connectivity index (χ1n) is 11.7. The van der Waals surface area contributed by atoms with Crippen LogP contribution in [0.15, 0.2) is 54.1 Å². The second-order valence-corrected chi connectivity index (χ2v) is 9.66. The number of barbiturate groups is 1. The van der Waals surface area contributed by atoms with Gasteiger partial charge in [0.15, 0.2) is 0 Å². The number of imide groups is 2. The number of aryl methyl sites for hydroxylation is 1. The Hall–Kier alpha value is -3.67. The van der Waals surface area contributed by atoms with Crippen LogP contribution in [0.4, 0.5) is 16.2 Å². The van der Waals surface area contributed by atoms with Crippen molar-refractivity contribution in [2.24, 2.45) is 0 Å². The summed E-state index contributed by atoms with van der Waals surface area (Å²) >= 11 is 0. The highest BCUT2D eigenvalue weighted by Gasteiger charge is 2.38. The van der Waals surface area contributed by atoms with E-state index in [1.165, 1.54) is 0 Å². The highest BCUT2D eigenvalue weighted by molar-refractivity contribution is 6.39. The molecule has 0 aromatic heterocycles. The topological polar surface area (TPSA) is 69.7 Å². The number of nitrogens with zero attached hydrogens (tertiary/aromatic N) is 2. The van der Waals surface area contributed by atoms with Crippen LogP contribution in [0.3, 0.4) is 0 Å². The normalized spacial score (nSPS) is 18.9. The molecule has 4 amide bonds. The molecule has 2 aliphatic heterocycles. The molecule has 176 valence electrons. The molecular weight excluding hydrogens is 426 g/mol. The molecule has 0 spiro atoms. The highest BCUT2D eigenvalue weighted by Crippen LogP contribution is 2.41. The number of hydrogen-bond acceptors (Lipinski definition) is 4. The molecule has 1 fully saturated rings. The molecule has 0 saturated carbocycles. The van der Waals surface area contributed by atoms with Crippen molar-refractivity contribution in [3.8, 4) is 0 Å². The molecule has 4 rings (SSSR count). The zero-order valence-electron chi connectivity index (χ0n) is 20.6. The van der Waals surface area contributed by atoms with Crippen molar-refractivity contribution >= 4 is 40.9 Å². The van der Waals surface area contributed by atoms with Crippen molar-refractivity contribution in [1.82, 2.24) is 5.32 Å². The van der Waals surface area contributed by atoms with Gasteiger partial charge in [0.1, 0.15) is 5.57 Å². The SMILES string of the molecule is CCc1ccccc1N1C(=O)NC(=O)/C(=C\c2ccc3c(c2)C(C)=CC(C)(C)N3C(C)C)C1=O. The highest BCUT2D eigenvalue weighted by atomic mass is 16.2. The maximum Gasteiger partial charge on any atom is 0.335 e. The minimum absolute atomic E-state index is 0.0658. The molecule has 0 bridgehead atoms. The van der Waals surface area contributed by atoms with Crippen LogP contribution in [-0.2, 0) is 16.0 Å². The number of carbonyl (C=O) groups is 3. The lowest BCUT2D eigenvalue weighted by Crippen LogP contribution is -2.54. The maximum absolute atomic E-state index is 13.4. The number of rotatable bonds is 4. The number of carbonyl (C=O) groups excluding carboxylic acids is 3. The molecule has 2 aromatic carbocycles. The first kappa shape index (κ1) is 23.5. The minimum atomic E-state index is -0.730. The van der Waals surface area contributed by atoms with Crippen molar-refractivity contribution in [1.29, 1.82) is 0 Å². The molecule has 0 radical (unpaired) electrons. The summed E-state index contributed by atoms with van der Waals surface area (Å²) in [6.07, 6.45) is 4.46. The Labute approximate surface area is 200 Å². The second kappa shape index (κ2) is 8.60. The van der Waals surface area contributed by atoms with E-state index in [0.717, 1.165) is 32.9 Å². The average molecular weight is 458 g/mol. The summed E-state index contributed by atoms with van der Waals surface area (Å²) < 4.78 is 0. The molecule has 0 unspecified atom stereocenters. The Bertz CT molecular complexity index is 1250. The van der Waals surface area contributed by atoms with Crippen molar-refractivity contribution in [3.63, 3.8) is 0 Å². The van der Waals surface area contributed by atoms with Crippen LogP contribution in [0.1, 0.15) is 58.2 Å². The number of nitrogens with one attached hydrogen (secondary N) is 1. The van der Waals surface area contributed by atoms with E-state index in [9.17, 15) is 14.4 Å². The lowest BCUT2D eigenvalue weighted by atomic mass is 9.86. The number of benzene rings is 2.